The number of amides is 1. The monoisotopic (exact) mass is 357 g/mol. The topological polar surface area (TPSA) is 56.8 Å². The predicted molar refractivity (Wildman–Crippen MR) is 102 cm³/mol. The fourth-order valence-corrected chi connectivity index (χ4v) is 2.80. The van der Waals surface area contributed by atoms with Gasteiger partial charge in [0.05, 0.1) is 27.8 Å². The van der Waals surface area contributed by atoms with Gasteiger partial charge in [0, 0.05) is 12.0 Å². The molecule has 0 saturated heterocycles. The summed E-state index contributed by atoms with van der Waals surface area (Å²) in [6.45, 7) is 4.78. The van der Waals surface area contributed by atoms with Crippen LogP contribution in [0, 0.1) is 0 Å². The van der Waals surface area contributed by atoms with Gasteiger partial charge in [-0.15, -0.1) is 0 Å². The van der Waals surface area contributed by atoms with Gasteiger partial charge in [-0.25, -0.2) is 0 Å². The molecule has 0 saturated carbocycles. The molecule has 5 heteroatoms. The zero-order valence-corrected chi connectivity index (χ0v) is 16.1. The Hall–Kier alpha value is -2.69. The molecule has 2 aromatic carbocycles. The van der Waals surface area contributed by atoms with Crippen LogP contribution >= 0.6 is 0 Å². The molecule has 1 N–H and O–H groups in total. The maximum absolute atomic E-state index is 12.4. The summed E-state index contributed by atoms with van der Waals surface area (Å²) in [7, 11) is 4.67. The van der Waals surface area contributed by atoms with Crippen LogP contribution in [0.3, 0.4) is 0 Å². The smallest absolute Gasteiger partial charge is 0.224 e. The van der Waals surface area contributed by atoms with Crippen LogP contribution in [0.4, 0.5) is 0 Å². The Labute approximate surface area is 155 Å². The van der Waals surface area contributed by atoms with Crippen molar-refractivity contribution in [2.75, 3.05) is 27.9 Å². The van der Waals surface area contributed by atoms with Gasteiger partial charge in [0.1, 0.15) is 0 Å². The zero-order valence-electron chi connectivity index (χ0n) is 16.1. The first kappa shape index (κ1) is 19.6. The Morgan fingerprint density at radius 2 is 1.54 bits per heavy atom. The van der Waals surface area contributed by atoms with Crippen LogP contribution in [0.5, 0.6) is 17.2 Å². The molecule has 26 heavy (non-hydrogen) atoms. The fourth-order valence-electron chi connectivity index (χ4n) is 2.80. The third-order valence-corrected chi connectivity index (χ3v) is 4.37. The zero-order chi connectivity index (χ0) is 19.2. The first-order chi connectivity index (χ1) is 12.4. The van der Waals surface area contributed by atoms with Gasteiger partial charge in [0.25, 0.3) is 0 Å². The molecule has 0 aromatic heterocycles. The highest BCUT2D eigenvalue weighted by Crippen LogP contribution is 2.38. The van der Waals surface area contributed by atoms with Gasteiger partial charge in [-0.3, -0.25) is 4.79 Å². The third kappa shape index (κ3) is 4.69. The summed E-state index contributed by atoms with van der Waals surface area (Å²) in [5.74, 6) is 1.55. The fraction of sp³-hybridized carbons (Fsp3) is 0.381. The van der Waals surface area contributed by atoms with Crippen LogP contribution in [0.25, 0.3) is 0 Å². The van der Waals surface area contributed by atoms with Gasteiger partial charge in [0.2, 0.25) is 11.7 Å². The average Bonchev–Trinajstić information content (AvgIpc) is 2.66. The highest BCUT2D eigenvalue weighted by atomic mass is 16.5. The SMILES string of the molecule is COc1cc(CC(=O)NCC(C)(C)c2ccccc2)cc(OC)c1OC. The Morgan fingerprint density at radius 3 is 2.04 bits per heavy atom. The van der Waals surface area contributed by atoms with Gasteiger partial charge in [-0.05, 0) is 23.3 Å². The number of nitrogens with one attached hydrogen (secondary N) is 1. The number of carbonyl (C=O) groups excluding carboxylic acids is 1. The first-order valence-corrected chi connectivity index (χ1v) is 8.52. The number of hydrogen-bond acceptors (Lipinski definition) is 4. The third-order valence-electron chi connectivity index (χ3n) is 4.37. The molecule has 5 nitrogen and oxygen atoms in total. The van der Waals surface area contributed by atoms with Crippen molar-refractivity contribution in [3.05, 3.63) is 53.6 Å². The Morgan fingerprint density at radius 1 is 0.962 bits per heavy atom. The minimum absolute atomic E-state index is 0.0525. The average molecular weight is 357 g/mol. The van der Waals surface area contributed by atoms with Crippen molar-refractivity contribution in [2.45, 2.75) is 25.7 Å². The van der Waals surface area contributed by atoms with E-state index in [4.69, 9.17) is 14.2 Å². The molecule has 2 rings (SSSR count). The summed E-state index contributed by atoms with van der Waals surface area (Å²) in [5.41, 5.74) is 1.84. The molecule has 0 unspecified atom stereocenters. The van der Waals surface area contributed by atoms with Gasteiger partial charge in [-0.2, -0.15) is 0 Å². The largest absolute Gasteiger partial charge is 0.493 e. The van der Waals surface area contributed by atoms with E-state index in [0.29, 0.717) is 23.8 Å². The van der Waals surface area contributed by atoms with E-state index in [-0.39, 0.29) is 17.7 Å². The lowest BCUT2D eigenvalue weighted by atomic mass is 9.84. The standard InChI is InChI=1S/C21H27NO4/c1-21(2,16-9-7-6-8-10-16)14-22-19(23)13-15-11-17(24-3)20(26-5)18(12-15)25-4/h6-12H,13-14H2,1-5H3,(H,22,23). The van der Waals surface area contributed by atoms with E-state index in [9.17, 15) is 4.79 Å². The minimum atomic E-state index is -0.147. The van der Waals surface area contributed by atoms with Gasteiger partial charge in [0.15, 0.2) is 11.5 Å². The van der Waals surface area contributed by atoms with Gasteiger partial charge in [-0.1, -0.05) is 44.2 Å². The molecule has 0 spiro atoms. The van der Waals surface area contributed by atoms with Crippen LogP contribution in [0.2, 0.25) is 0 Å². The van der Waals surface area contributed by atoms with Crippen LogP contribution < -0.4 is 19.5 Å². The van der Waals surface area contributed by atoms with Crippen LogP contribution in [-0.2, 0) is 16.6 Å². The highest BCUT2D eigenvalue weighted by Gasteiger charge is 2.21. The van der Waals surface area contributed by atoms with E-state index in [1.54, 1.807) is 33.5 Å². The lowest BCUT2D eigenvalue weighted by molar-refractivity contribution is -0.120. The number of carbonyl (C=O) groups is 1. The molecule has 0 heterocycles. The summed E-state index contributed by atoms with van der Waals surface area (Å²) in [6.07, 6.45) is 0.238. The van der Waals surface area contributed by atoms with Crippen molar-refractivity contribution < 1.29 is 19.0 Å². The summed E-state index contributed by atoms with van der Waals surface area (Å²) in [5, 5.41) is 3.02. The van der Waals surface area contributed by atoms with Crippen LogP contribution in [-0.4, -0.2) is 33.8 Å². The van der Waals surface area contributed by atoms with Crippen molar-refractivity contribution in [2.24, 2.45) is 0 Å². The Balaban J connectivity index is 2.06. The van der Waals surface area contributed by atoms with Crippen molar-refractivity contribution in [1.82, 2.24) is 5.32 Å². The van der Waals surface area contributed by atoms with Gasteiger partial charge < -0.3 is 19.5 Å². The van der Waals surface area contributed by atoms with Crippen molar-refractivity contribution >= 4 is 5.91 Å². The molecule has 0 aliphatic heterocycles. The molecule has 0 fully saturated rings. The van der Waals surface area contributed by atoms with E-state index >= 15 is 0 Å². The van der Waals surface area contributed by atoms with E-state index in [1.165, 1.54) is 5.56 Å². The second-order valence-corrected chi connectivity index (χ2v) is 6.74. The molecule has 0 bridgehead atoms. The molecule has 0 aliphatic carbocycles. The number of rotatable bonds is 8. The van der Waals surface area contributed by atoms with E-state index < -0.39 is 0 Å². The molecule has 0 radical (unpaired) electrons. The molecule has 1 amide bonds. The van der Waals surface area contributed by atoms with Crippen LogP contribution in [0.1, 0.15) is 25.0 Å². The molecule has 140 valence electrons. The van der Waals surface area contributed by atoms with Gasteiger partial charge >= 0.3 is 0 Å². The molecule has 2 aromatic rings. The van der Waals surface area contributed by atoms with E-state index in [1.807, 2.05) is 18.2 Å². The van der Waals surface area contributed by atoms with Crippen molar-refractivity contribution in [3.63, 3.8) is 0 Å². The molecular formula is C21H27NO4. The lowest BCUT2D eigenvalue weighted by Crippen LogP contribution is -2.37. The molecular weight excluding hydrogens is 330 g/mol. The maximum Gasteiger partial charge on any atom is 0.224 e. The second-order valence-electron chi connectivity index (χ2n) is 6.74. The lowest BCUT2D eigenvalue weighted by Gasteiger charge is -2.25. The summed E-state index contributed by atoms with van der Waals surface area (Å²) >= 11 is 0. The Kier molecular flexibility index (Phi) is 6.50. The molecule has 0 aliphatic rings. The number of hydrogen-bond donors (Lipinski definition) is 1. The summed E-state index contributed by atoms with van der Waals surface area (Å²) in [4.78, 5) is 12.4. The second kappa shape index (κ2) is 8.61. The predicted octanol–water partition coefficient (Wildman–Crippen LogP) is 3.35. The summed E-state index contributed by atoms with van der Waals surface area (Å²) < 4.78 is 16.0. The maximum atomic E-state index is 12.4. The van der Waals surface area contributed by atoms with E-state index in [0.717, 1.165) is 5.56 Å². The number of methoxy groups -OCH3 is 3. The van der Waals surface area contributed by atoms with Crippen molar-refractivity contribution in [3.8, 4) is 17.2 Å². The number of ether oxygens (including phenoxy) is 3. The number of benzene rings is 2. The van der Waals surface area contributed by atoms with Crippen molar-refractivity contribution in [1.29, 1.82) is 0 Å². The first-order valence-electron chi connectivity index (χ1n) is 8.52. The summed E-state index contributed by atoms with van der Waals surface area (Å²) in [6, 6.07) is 13.7. The quantitative estimate of drug-likeness (QED) is 0.787. The normalized spacial score (nSPS) is 11.0. The minimum Gasteiger partial charge on any atom is -0.493 e. The highest BCUT2D eigenvalue weighted by molar-refractivity contribution is 5.79. The van der Waals surface area contributed by atoms with Crippen LogP contribution in [0.15, 0.2) is 42.5 Å². The van der Waals surface area contributed by atoms with E-state index in [2.05, 4.69) is 31.3 Å². The molecule has 0 atom stereocenters. The Bertz CT molecular complexity index is 716.